The van der Waals surface area contributed by atoms with Gasteiger partial charge in [0.25, 0.3) is 0 Å². The first-order valence-electron chi connectivity index (χ1n) is 10.2. The molecule has 1 amide bonds. The van der Waals surface area contributed by atoms with Crippen molar-refractivity contribution in [2.45, 2.75) is 31.8 Å². The molecular weight excluding hydrogens is 419 g/mol. The Kier molecular flexibility index (Phi) is 8.43. The summed E-state index contributed by atoms with van der Waals surface area (Å²) in [6.45, 7) is 3.51. The standard InChI is InChI=1S/C23H28Cl2N4O/c24-21-7-6-19(14-22(21)25)15-27-16-23(26)29(17-30)20-9-12-28(13-10-20)11-8-18-4-2-1-3-5-18/h1-7,14,16-17,20,27H,8-13,15,26H2/b23-16+. The van der Waals surface area contributed by atoms with Crippen LogP contribution < -0.4 is 11.1 Å². The maximum absolute atomic E-state index is 11.7. The van der Waals surface area contributed by atoms with Crippen LogP contribution in [0.15, 0.2) is 60.6 Å². The van der Waals surface area contributed by atoms with Crippen LogP contribution in [0.3, 0.4) is 0 Å². The van der Waals surface area contributed by atoms with E-state index >= 15 is 0 Å². The minimum Gasteiger partial charge on any atom is -0.384 e. The minimum atomic E-state index is 0.124. The topological polar surface area (TPSA) is 61.6 Å². The molecule has 30 heavy (non-hydrogen) atoms. The van der Waals surface area contributed by atoms with Gasteiger partial charge < -0.3 is 16.0 Å². The first kappa shape index (κ1) is 22.5. The molecule has 5 nitrogen and oxygen atoms in total. The number of rotatable bonds is 9. The number of carbonyl (C=O) groups excluding carboxylic acids is 1. The van der Waals surface area contributed by atoms with Crippen LogP contribution >= 0.6 is 23.2 Å². The van der Waals surface area contributed by atoms with E-state index in [-0.39, 0.29) is 6.04 Å². The van der Waals surface area contributed by atoms with Crippen LogP contribution in [0.1, 0.15) is 24.0 Å². The average molecular weight is 447 g/mol. The lowest BCUT2D eigenvalue weighted by molar-refractivity contribution is -0.119. The summed E-state index contributed by atoms with van der Waals surface area (Å²) in [7, 11) is 0. The lowest BCUT2D eigenvalue weighted by Gasteiger charge is -2.36. The SMILES string of the molecule is N/C(=C\NCc1ccc(Cl)c(Cl)c1)N(C=O)C1CCN(CCc2ccccc2)CC1. The van der Waals surface area contributed by atoms with Gasteiger partial charge in [0, 0.05) is 38.4 Å². The predicted molar refractivity (Wildman–Crippen MR) is 123 cm³/mol. The number of amides is 1. The van der Waals surface area contributed by atoms with Gasteiger partial charge in [0.2, 0.25) is 6.41 Å². The zero-order chi connectivity index (χ0) is 21.3. The average Bonchev–Trinajstić information content (AvgIpc) is 2.77. The molecule has 1 heterocycles. The van der Waals surface area contributed by atoms with Gasteiger partial charge in [0.15, 0.2) is 0 Å². The van der Waals surface area contributed by atoms with Crippen LogP contribution in [-0.4, -0.2) is 41.9 Å². The van der Waals surface area contributed by atoms with Gasteiger partial charge >= 0.3 is 0 Å². The Morgan fingerprint density at radius 1 is 1.10 bits per heavy atom. The van der Waals surface area contributed by atoms with Gasteiger partial charge in [-0.2, -0.15) is 0 Å². The number of nitrogens with zero attached hydrogens (tertiary/aromatic N) is 2. The Morgan fingerprint density at radius 3 is 2.50 bits per heavy atom. The molecule has 3 N–H and O–H groups in total. The lowest BCUT2D eigenvalue weighted by Crippen LogP contribution is -2.46. The summed E-state index contributed by atoms with van der Waals surface area (Å²) in [5.41, 5.74) is 8.52. The first-order valence-corrected chi connectivity index (χ1v) is 11.0. The molecule has 0 bridgehead atoms. The highest BCUT2D eigenvalue weighted by Gasteiger charge is 2.24. The Labute approximate surface area is 188 Å². The molecule has 2 aromatic rings. The molecule has 160 valence electrons. The molecule has 1 fully saturated rings. The molecule has 0 unspecified atom stereocenters. The van der Waals surface area contributed by atoms with E-state index in [2.05, 4.69) is 34.5 Å². The van der Waals surface area contributed by atoms with Crippen molar-refractivity contribution >= 4 is 29.6 Å². The monoisotopic (exact) mass is 446 g/mol. The number of nitrogens with one attached hydrogen (secondary N) is 1. The van der Waals surface area contributed by atoms with Gasteiger partial charge in [-0.15, -0.1) is 0 Å². The molecule has 7 heteroatoms. The summed E-state index contributed by atoms with van der Waals surface area (Å²) < 4.78 is 0. The number of hydrogen-bond acceptors (Lipinski definition) is 4. The van der Waals surface area contributed by atoms with Crippen molar-refractivity contribution in [3.8, 4) is 0 Å². The fourth-order valence-electron chi connectivity index (χ4n) is 3.71. The van der Waals surface area contributed by atoms with E-state index in [1.165, 1.54) is 5.56 Å². The molecule has 3 rings (SSSR count). The third-order valence-corrected chi connectivity index (χ3v) is 6.20. The summed E-state index contributed by atoms with van der Waals surface area (Å²) in [5, 5.41) is 4.19. The van der Waals surface area contributed by atoms with Gasteiger partial charge in [-0.05, 0) is 42.5 Å². The summed E-state index contributed by atoms with van der Waals surface area (Å²) in [5.74, 6) is 0.424. The maximum atomic E-state index is 11.7. The molecule has 0 saturated carbocycles. The summed E-state index contributed by atoms with van der Waals surface area (Å²) in [6, 6.07) is 16.1. The van der Waals surface area contributed by atoms with Crippen molar-refractivity contribution in [2.75, 3.05) is 19.6 Å². The van der Waals surface area contributed by atoms with Crippen molar-refractivity contribution in [3.63, 3.8) is 0 Å². The highest BCUT2D eigenvalue weighted by molar-refractivity contribution is 6.42. The lowest BCUT2D eigenvalue weighted by atomic mass is 10.0. The first-order chi connectivity index (χ1) is 14.6. The zero-order valence-corrected chi connectivity index (χ0v) is 18.4. The highest BCUT2D eigenvalue weighted by Crippen LogP contribution is 2.22. The van der Waals surface area contributed by atoms with E-state index in [9.17, 15) is 4.79 Å². The van der Waals surface area contributed by atoms with E-state index in [1.807, 2.05) is 18.2 Å². The molecule has 0 aromatic heterocycles. The summed E-state index contributed by atoms with van der Waals surface area (Å²) >= 11 is 12.0. The van der Waals surface area contributed by atoms with E-state index in [0.29, 0.717) is 22.4 Å². The van der Waals surface area contributed by atoms with E-state index in [4.69, 9.17) is 28.9 Å². The van der Waals surface area contributed by atoms with Gasteiger partial charge in [0.1, 0.15) is 5.82 Å². The van der Waals surface area contributed by atoms with Crippen molar-refractivity contribution in [1.82, 2.24) is 15.1 Å². The second-order valence-corrected chi connectivity index (χ2v) is 8.33. The third-order valence-electron chi connectivity index (χ3n) is 5.46. The summed E-state index contributed by atoms with van der Waals surface area (Å²) in [6.07, 6.45) is 5.38. The minimum absolute atomic E-state index is 0.124. The number of benzene rings is 2. The molecular formula is C23H28Cl2N4O. The van der Waals surface area contributed by atoms with Gasteiger partial charge in [0.05, 0.1) is 10.0 Å². The Balaban J connectivity index is 1.46. The van der Waals surface area contributed by atoms with Crippen LogP contribution in [0.5, 0.6) is 0 Å². The number of carbonyl (C=O) groups is 1. The van der Waals surface area contributed by atoms with E-state index in [1.54, 1.807) is 17.2 Å². The molecule has 0 aliphatic carbocycles. The van der Waals surface area contributed by atoms with Crippen molar-refractivity contribution in [2.24, 2.45) is 5.73 Å². The second kappa shape index (κ2) is 11.3. The van der Waals surface area contributed by atoms with Gasteiger partial charge in [-0.1, -0.05) is 59.6 Å². The predicted octanol–water partition coefficient (Wildman–Crippen LogP) is 4.01. The highest BCUT2D eigenvalue weighted by atomic mass is 35.5. The number of nitrogens with two attached hydrogens (primary N) is 1. The van der Waals surface area contributed by atoms with Crippen molar-refractivity contribution < 1.29 is 4.79 Å². The normalized spacial score (nSPS) is 15.7. The van der Waals surface area contributed by atoms with E-state index in [0.717, 1.165) is 50.9 Å². The maximum Gasteiger partial charge on any atom is 0.215 e. The van der Waals surface area contributed by atoms with Crippen molar-refractivity contribution in [3.05, 3.63) is 81.7 Å². The Hall–Kier alpha value is -2.21. The fourth-order valence-corrected chi connectivity index (χ4v) is 4.03. The Morgan fingerprint density at radius 2 is 1.83 bits per heavy atom. The number of piperidine rings is 1. The molecule has 0 atom stereocenters. The van der Waals surface area contributed by atoms with Crippen LogP contribution in [0, 0.1) is 0 Å². The van der Waals surface area contributed by atoms with E-state index < -0.39 is 0 Å². The quantitative estimate of drug-likeness (QED) is 0.571. The number of likely N-dealkylation sites (tertiary alicyclic amines) is 1. The van der Waals surface area contributed by atoms with Crippen molar-refractivity contribution in [1.29, 1.82) is 0 Å². The molecule has 1 aliphatic heterocycles. The Bertz CT molecular complexity index is 852. The largest absolute Gasteiger partial charge is 0.384 e. The zero-order valence-electron chi connectivity index (χ0n) is 16.9. The third kappa shape index (κ3) is 6.39. The fraction of sp³-hybridized carbons (Fsp3) is 0.348. The van der Waals surface area contributed by atoms with Gasteiger partial charge in [-0.3, -0.25) is 9.69 Å². The molecule has 2 aromatic carbocycles. The summed E-state index contributed by atoms with van der Waals surface area (Å²) in [4.78, 5) is 15.8. The smallest absolute Gasteiger partial charge is 0.215 e. The van der Waals surface area contributed by atoms with Crippen LogP contribution in [-0.2, 0) is 17.8 Å². The molecule has 1 saturated heterocycles. The molecule has 0 spiro atoms. The van der Waals surface area contributed by atoms with Crippen LogP contribution in [0.25, 0.3) is 0 Å². The molecule has 0 radical (unpaired) electrons. The van der Waals surface area contributed by atoms with Crippen LogP contribution in [0.4, 0.5) is 0 Å². The molecule has 1 aliphatic rings. The second-order valence-electron chi connectivity index (χ2n) is 7.52. The number of hydrogen-bond donors (Lipinski definition) is 2. The number of halogens is 2. The van der Waals surface area contributed by atoms with Gasteiger partial charge in [-0.25, -0.2) is 0 Å². The van der Waals surface area contributed by atoms with Crippen LogP contribution in [0.2, 0.25) is 10.0 Å².